The van der Waals surface area contributed by atoms with Crippen molar-refractivity contribution in [3.8, 4) is 11.5 Å². The lowest BCUT2D eigenvalue weighted by atomic mass is 10.1. The van der Waals surface area contributed by atoms with E-state index in [2.05, 4.69) is 26.6 Å². The summed E-state index contributed by atoms with van der Waals surface area (Å²) in [6.45, 7) is 0.0178. The molecule has 2 aromatic rings. The summed E-state index contributed by atoms with van der Waals surface area (Å²) in [7, 11) is 0. The Labute approximate surface area is 167 Å². The Morgan fingerprint density at radius 3 is 2.64 bits per heavy atom. The van der Waals surface area contributed by atoms with Crippen LogP contribution in [-0.2, 0) is 9.59 Å². The Kier molecular flexibility index (Phi) is 5.99. The summed E-state index contributed by atoms with van der Waals surface area (Å²) >= 11 is 3.10. The number of carboxylic acid groups (broad SMARTS) is 1. The number of furan rings is 1. The van der Waals surface area contributed by atoms with Gasteiger partial charge in [0.1, 0.15) is 5.70 Å². The average Bonchev–Trinajstić information content (AvgIpc) is 3.29. The number of ether oxygens (including phenoxy) is 2. The van der Waals surface area contributed by atoms with Gasteiger partial charge in [0, 0.05) is 6.54 Å². The van der Waals surface area contributed by atoms with Crippen molar-refractivity contribution in [1.82, 2.24) is 10.6 Å². The van der Waals surface area contributed by atoms with E-state index in [-0.39, 0.29) is 31.2 Å². The van der Waals surface area contributed by atoms with E-state index in [9.17, 15) is 14.4 Å². The van der Waals surface area contributed by atoms with Gasteiger partial charge in [0.2, 0.25) is 6.79 Å². The van der Waals surface area contributed by atoms with Gasteiger partial charge >= 0.3 is 5.97 Å². The van der Waals surface area contributed by atoms with E-state index in [0.29, 0.717) is 21.7 Å². The van der Waals surface area contributed by atoms with Crippen LogP contribution in [0, 0.1) is 0 Å². The van der Waals surface area contributed by atoms with E-state index in [0.717, 1.165) is 0 Å². The van der Waals surface area contributed by atoms with Crippen LogP contribution in [0.25, 0.3) is 6.08 Å². The van der Waals surface area contributed by atoms with E-state index in [4.69, 9.17) is 19.0 Å². The molecule has 2 amide bonds. The molecule has 0 bridgehead atoms. The zero-order valence-corrected chi connectivity index (χ0v) is 15.9. The zero-order valence-electron chi connectivity index (χ0n) is 14.4. The van der Waals surface area contributed by atoms with Crippen LogP contribution in [0.4, 0.5) is 0 Å². The Balaban J connectivity index is 1.81. The van der Waals surface area contributed by atoms with Gasteiger partial charge in [-0.1, -0.05) is 6.07 Å². The van der Waals surface area contributed by atoms with E-state index in [1.807, 2.05) is 0 Å². The van der Waals surface area contributed by atoms with Gasteiger partial charge in [-0.15, -0.1) is 0 Å². The zero-order chi connectivity index (χ0) is 20.1. The molecule has 2 heterocycles. The number of fused-ring (bicyclic) bond motifs is 1. The number of carbonyl (C=O) groups is 3. The predicted molar refractivity (Wildman–Crippen MR) is 99.7 cm³/mol. The van der Waals surface area contributed by atoms with E-state index in [1.54, 1.807) is 24.3 Å². The maximum atomic E-state index is 12.5. The molecule has 1 aromatic carbocycles. The van der Waals surface area contributed by atoms with Crippen LogP contribution in [0.3, 0.4) is 0 Å². The molecule has 1 aliphatic rings. The molecule has 0 atom stereocenters. The fourth-order valence-corrected chi connectivity index (χ4v) is 2.63. The van der Waals surface area contributed by atoms with Crippen molar-refractivity contribution >= 4 is 39.8 Å². The van der Waals surface area contributed by atoms with Crippen LogP contribution >= 0.6 is 15.9 Å². The molecule has 0 saturated carbocycles. The second-order valence-corrected chi connectivity index (χ2v) is 6.41. The lowest BCUT2D eigenvalue weighted by Crippen LogP contribution is -2.35. The minimum atomic E-state index is -1.05. The van der Waals surface area contributed by atoms with Gasteiger partial charge in [0.15, 0.2) is 21.9 Å². The minimum absolute atomic E-state index is 0.00166. The second-order valence-electron chi connectivity index (χ2n) is 5.63. The first-order valence-electron chi connectivity index (χ1n) is 8.10. The topological polar surface area (TPSA) is 127 Å². The highest BCUT2D eigenvalue weighted by Crippen LogP contribution is 2.33. The fraction of sp³-hybridized carbons (Fsp3) is 0.167. The molecule has 3 N–H and O–H groups in total. The van der Waals surface area contributed by atoms with Gasteiger partial charge in [0.05, 0.1) is 6.42 Å². The Morgan fingerprint density at radius 1 is 1.14 bits per heavy atom. The van der Waals surface area contributed by atoms with Gasteiger partial charge in [-0.05, 0) is 51.8 Å². The maximum absolute atomic E-state index is 12.5. The summed E-state index contributed by atoms with van der Waals surface area (Å²) in [5.74, 6) is -1.23. The monoisotopic (exact) mass is 450 g/mol. The molecule has 1 aromatic heterocycles. The first-order chi connectivity index (χ1) is 13.4. The smallest absolute Gasteiger partial charge is 0.305 e. The standard InChI is InChI=1S/C18H15BrN2O7/c19-15-4-3-13(28-15)18(25)21-11(17(24)20-6-5-16(22)23)7-10-1-2-12-14(8-10)27-9-26-12/h1-4,7-8H,5-6,9H2,(H,20,24)(H,21,25)(H,22,23)/b11-7+. The fourth-order valence-electron chi connectivity index (χ4n) is 2.33. The van der Waals surface area contributed by atoms with Gasteiger partial charge in [0.25, 0.3) is 11.8 Å². The SMILES string of the molecule is O=C(O)CCNC(=O)/C(=C\c1ccc2c(c1)OCO2)NC(=O)c1ccc(Br)o1. The molecule has 0 spiro atoms. The van der Waals surface area contributed by atoms with Crippen LogP contribution in [0.1, 0.15) is 22.5 Å². The van der Waals surface area contributed by atoms with Crippen LogP contribution < -0.4 is 20.1 Å². The number of rotatable bonds is 7. The lowest BCUT2D eigenvalue weighted by Gasteiger charge is -2.10. The van der Waals surface area contributed by atoms with Gasteiger partial charge in [-0.2, -0.15) is 0 Å². The van der Waals surface area contributed by atoms with E-state index in [1.165, 1.54) is 12.1 Å². The molecule has 0 unspecified atom stereocenters. The molecule has 3 rings (SSSR count). The quantitative estimate of drug-likeness (QED) is 0.551. The Morgan fingerprint density at radius 2 is 1.93 bits per heavy atom. The summed E-state index contributed by atoms with van der Waals surface area (Å²) in [6, 6.07) is 8.01. The van der Waals surface area contributed by atoms with E-state index >= 15 is 0 Å². The number of nitrogens with one attached hydrogen (secondary N) is 2. The van der Waals surface area contributed by atoms with Gasteiger partial charge in [-0.25, -0.2) is 0 Å². The van der Waals surface area contributed by atoms with Gasteiger partial charge in [-0.3, -0.25) is 14.4 Å². The largest absolute Gasteiger partial charge is 0.481 e. The molecular formula is C18H15BrN2O7. The first kappa shape index (κ1) is 19.5. The highest BCUT2D eigenvalue weighted by atomic mass is 79.9. The van der Waals surface area contributed by atoms with Crippen LogP contribution in [0.5, 0.6) is 11.5 Å². The van der Waals surface area contributed by atoms with Gasteiger partial charge < -0.3 is 29.6 Å². The number of hydrogen-bond donors (Lipinski definition) is 3. The third-order valence-corrected chi connectivity index (χ3v) is 4.05. The third-order valence-electron chi connectivity index (χ3n) is 3.62. The van der Waals surface area contributed by atoms with Crippen molar-refractivity contribution in [2.45, 2.75) is 6.42 Å². The number of benzene rings is 1. The highest BCUT2D eigenvalue weighted by Gasteiger charge is 2.18. The summed E-state index contributed by atoms with van der Waals surface area (Å²) in [5, 5.41) is 13.6. The molecule has 0 radical (unpaired) electrons. The molecule has 28 heavy (non-hydrogen) atoms. The molecule has 146 valence electrons. The summed E-state index contributed by atoms with van der Waals surface area (Å²) in [4.78, 5) is 35.4. The normalized spacial score (nSPS) is 12.5. The second kappa shape index (κ2) is 8.61. The molecule has 0 fully saturated rings. The molecule has 10 heteroatoms. The molecule has 9 nitrogen and oxygen atoms in total. The van der Waals surface area contributed by atoms with Crippen molar-refractivity contribution in [3.63, 3.8) is 0 Å². The third kappa shape index (κ3) is 4.92. The number of amides is 2. The Hall–Kier alpha value is -3.27. The minimum Gasteiger partial charge on any atom is -0.481 e. The molecule has 0 aliphatic carbocycles. The Bertz CT molecular complexity index is 951. The van der Waals surface area contributed by atoms with Crippen molar-refractivity contribution in [2.24, 2.45) is 0 Å². The molecule has 0 saturated heterocycles. The molecular weight excluding hydrogens is 436 g/mol. The van der Waals surface area contributed by atoms with Crippen molar-refractivity contribution < 1.29 is 33.4 Å². The van der Waals surface area contributed by atoms with E-state index < -0.39 is 17.8 Å². The number of carboxylic acids is 1. The number of carbonyl (C=O) groups excluding carboxylic acids is 2. The lowest BCUT2D eigenvalue weighted by molar-refractivity contribution is -0.136. The number of aliphatic carboxylic acids is 1. The van der Waals surface area contributed by atoms with Crippen LogP contribution in [-0.4, -0.2) is 36.2 Å². The maximum Gasteiger partial charge on any atom is 0.305 e. The summed E-state index contributed by atoms with van der Waals surface area (Å²) in [5.41, 5.74) is 0.496. The van der Waals surface area contributed by atoms with Crippen LogP contribution in [0.15, 0.2) is 45.1 Å². The van der Waals surface area contributed by atoms with Crippen molar-refractivity contribution in [3.05, 3.63) is 52.0 Å². The van der Waals surface area contributed by atoms with Crippen LogP contribution in [0.2, 0.25) is 0 Å². The van der Waals surface area contributed by atoms with Crippen molar-refractivity contribution in [1.29, 1.82) is 0 Å². The number of hydrogen-bond acceptors (Lipinski definition) is 6. The summed E-state index contributed by atoms with van der Waals surface area (Å²) < 4.78 is 16.1. The van der Waals surface area contributed by atoms with Crippen molar-refractivity contribution in [2.75, 3.05) is 13.3 Å². The molecule has 1 aliphatic heterocycles. The average molecular weight is 451 g/mol. The summed E-state index contributed by atoms with van der Waals surface area (Å²) in [6.07, 6.45) is 1.19. The predicted octanol–water partition coefficient (Wildman–Crippen LogP) is 2.13. The highest BCUT2D eigenvalue weighted by molar-refractivity contribution is 9.10. The first-order valence-corrected chi connectivity index (χ1v) is 8.89. The number of halogens is 1.